The average molecular weight is 305 g/mol. The van der Waals surface area contributed by atoms with Gasteiger partial charge in [-0.25, -0.2) is 0 Å². The van der Waals surface area contributed by atoms with Gasteiger partial charge in [-0.1, -0.05) is 11.6 Å². The first kappa shape index (κ1) is 13.8. The molecule has 1 atom stereocenters. The predicted molar refractivity (Wildman–Crippen MR) is 79.2 cm³/mol. The molecule has 1 aliphatic heterocycles. The number of carbonyl (C=O) groups excluding carboxylic acids is 2. The molecule has 0 aliphatic carbocycles. The van der Waals surface area contributed by atoms with Crippen LogP contribution in [0.4, 0.5) is 5.69 Å². The van der Waals surface area contributed by atoms with E-state index >= 15 is 0 Å². The molecule has 5 nitrogen and oxygen atoms in total. The summed E-state index contributed by atoms with van der Waals surface area (Å²) in [6, 6.07) is 7.17. The molecule has 0 N–H and O–H groups in total. The number of benzene rings is 1. The molecular formula is C15H13ClN2O3. The molecule has 1 saturated heterocycles. The molecule has 6 heteroatoms. The summed E-state index contributed by atoms with van der Waals surface area (Å²) in [5, 5.41) is 1.26. The van der Waals surface area contributed by atoms with Gasteiger partial charge in [0.1, 0.15) is 0 Å². The number of nitrogens with zero attached hydrogens (tertiary/aromatic N) is 2. The quantitative estimate of drug-likeness (QED) is 0.800. The van der Waals surface area contributed by atoms with Gasteiger partial charge in [-0.15, -0.1) is 0 Å². The Morgan fingerprint density at radius 3 is 3.00 bits per heavy atom. The number of fused-ring (bicyclic) bond motifs is 1. The van der Waals surface area contributed by atoms with Crippen LogP contribution >= 0.6 is 11.6 Å². The van der Waals surface area contributed by atoms with Crippen LogP contribution < -0.4 is 4.90 Å². The number of ether oxygens (including phenoxy) is 1. The van der Waals surface area contributed by atoms with Crippen molar-refractivity contribution in [3.05, 3.63) is 35.5 Å². The van der Waals surface area contributed by atoms with Crippen LogP contribution in [0.5, 0.6) is 0 Å². The van der Waals surface area contributed by atoms with Crippen molar-refractivity contribution in [2.45, 2.75) is 6.42 Å². The summed E-state index contributed by atoms with van der Waals surface area (Å²) in [5.41, 5.74) is 1.37. The highest BCUT2D eigenvalue weighted by molar-refractivity contribution is 6.35. The minimum absolute atomic E-state index is 0.136. The number of esters is 1. The second-order valence-corrected chi connectivity index (χ2v) is 5.30. The average Bonchev–Trinajstić information content (AvgIpc) is 2.88. The fraction of sp³-hybridized carbons (Fsp3) is 0.267. The van der Waals surface area contributed by atoms with Crippen LogP contribution in [0.1, 0.15) is 6.42 Å². The molecule has 1 aromatic heterocycles. The molecule has 1 aliphatic rings. The van der Waals surface area contributed by atoms with Gasteiger partial charge in [-0.3, -0.25) is 14.6 Å². The predicted octanol–water partition coefficient (Wildman–Crippen LogP) is 2.41. The van der Waals surface area contributed by atoms with E-state index in [-0.39, 0.29) is 24.8 Å². The Kier molecular flexibility index (Phi) is 3.51. The SMILES string of the molecule is COC(=O)C1CC(=O)N(c2c(Cl)ccc3ncccc23)C1. The maximum absolute atomic E-state index is 12.2. The van der Waals surface area contributed by atoms with E-state index in [1.807, 2.05) is 6.07 Å². The molecule has 21 heavy (non-hydrogen) atoms. The topological polar surface area (TPSA) is 59.5 Å². The Morgan fingerprint density at radius 2 is 2.24 bits per heavy atom. The Labute approximate surface area is 126 Å². The highest BCUT2D eigenvalue weighted by Crippen LogP contribution is 2.37. The van der Waals surface area contributed by atoms with Crippen molar-refractivity contribution in [3.8, 4) is 0 Å². The minimum atomic E-state index is -0.453. The van der Waals surface area contributed by atoms with Crippen LogP contribution in [-0.4, -0.2) is 30.5 Å². The Hall–Kier alpha value is -2.14. The zero-order valence-electron chi connectivity index (χ0n) is 11.4. The van der Waals surface area contributed by atoms with Crippen LogP contribution in [-0.2, 0) is 14.3 Å². The molecule has 3 rings (SSSR count). The van der Waals surface area contributed by atoms with Crippen molar-refractivity contribution in [2.24, 2.45) is 5.92 Å². The van der Waals surface area contributed by atoms with Crippen LogP contribution in [0.2, 0.25) is 5.02 Å². The fourth-order valence-electron chi connectivity index (χ4n) is 2.63. The lowest BCUT2D eigenvalue weighted by atomic mass is 10.1. The molecule has 0 saturated carbocycles. The number of hydrogen-bond donors (Lipinski definition) is 0. The summed E-state index contributed by atoms with van der Waals surface area (Å²) < 4.78 is 4.72. The summed E-state index contributed by atoms with van der Waals surface area (Å²) >= 11 is 6.27. The zero-order valence-corrected chi connectivity index (χ0v) is 12.1. The number of hydrogen-bond acceptors (Lipinski definition) is 4. The molecule has 1 unspecified atom stereocenters. The maximum Gasteiger partial charge on any atom is 0.311 e. The van der Waals surface area contributed by atoms with Gasteiger partial charge in [0.15, 0.2) is 0 Å². The van der Waals surface area contributed by atoms with Gasteiger partial charge in [0.2, 0.25) is 5.91 Å². The van der Waals surface area contributed by atoms with Crippen molar-refractivity contribution in [2.75, 3.05) is 18.6 Å². The first-order valence-electron chi connectivity index (χ1n) is 6.53. The number of anilines is 1. The monoisotopic (exact) mass is 304 g/mol. The number of rotatable bonds is 2. The molecule has 108 valence electrons. The smallest absolute Gasteiger partial charge is 0.311 e. The van der Waals surface area contributed by atoms with Gasteiger partial charge in [-0.05, 0) is 24.3 Å². The minimum Gasteiger partial charge on any atom is -0.469 e. The third-order valence-corrected chi connectivity index (χ3v) is 3.94. The van der Waals surface area contributed by atoms with Gasteiger partial charge >= 0.3 is 5.97 Å². The molecular weight excluding hydrogens is 292 g/mol. The van der Waals surface area contributed by atoms with Crippen molar-refractivity contribution < 1.29 is 14.3 Å². The van der Waals surface area contributed by atoms with Gasteiger partial charge < -0.3 is 9.64 Å². The summed E-state index contributed by atoms with van der Waals surface area (Å²) in [6.07, 6.45) is 1.82. The Balaban J connectivity index is 2.07. The van der Waals surface area contributed by atoms with Crippen LogP contribution in [0.25, 0.3) is 10.9 Å². The first-order chi connectivity index (χ1) is 10.1. The molecule has 0 bridgehead atoms. The number of carbonyl (C=O) groups is 2. The molecule has 1 amide bonds. The van der Waals surface area contributed by atoms with Gasteiger partial charge in [-0.2, -0.15) is 0 Å². The van der Waals surface area contributed by atoms with E-state index in [1.165, 1.54) is 7.11 Å². The van der Waals surface area contributed by atoms with E-state index in [0.717, 1.165) is 10.9 Å². The normalized spacial score (nSPS) is 18.3. The van der Waals surface area contributed by atoms with E-state index < -0.39 is 5.92 Å². The highest BCUT2D eigenvalue weighted by Gasteiger charge is 2.37. The molecule has 2 heterocycles. The first-order valence-corrected chi connectivity index (χ1v) is 6.91. The lowest BCUT2D eigenvalue weighted by molar-refractivity contribution is -0.145. The van der Waals surface area contributed by atoms with Crippen molar-refractivity contribution >= 4 is 40.1 Å². The van der Waals surface area contributed by atoms with Gasteiger partial charge in [0.05, 0.1) is 29.3 Å². The third-order valence-electron chi connectivity index (χ3n) is 3.64. The number of aromatic nitrogens is 1. The molecule has 1 aromatic carbocycles. The van der Waals surface area contributed by atoms with E-state index in [0.29, 0.717) is 10.7 Å². The number of amides is 1. The largest absolute Gasteiger partial charge is 0.469 e. The third kappa shape index (κ3) is 2.34. The van der Waals surface area contributed by atoms with E-state index in [2.05, 4.69) is 4.98 Å². The van der Waals surface area contributed by atoms with Crippen molar-refractivity contribution in [1.29, 1.82) is 0 Å². The summed E-state index contributed by atoms with van der Waals surface area (Å²) in [4.78, 5) is 29.7. The fourth-order valence-corrected chi connectivity index (χ4v) is 2.90. The summed E-state index contributed by atoms with van der Waals surface area (Å²) in [6.45, 7) is 0.277. The number of methoxy groups -OCH3 is 1. The Bertz CT molecular complexity index is 732. The summed E-state index contributed by atoms with van der Waals surface area (Å²) in [7, 11) is 1.32. The van der Waals surface area contributed by atoms with Gasteiger partial charge in [0, 0.05) is 24.5 Å². The second kappa shape index (κ2) is 5.33. The second-order valence-electron chi connectivity index (χ2n) is 4.89. The van der Waals surface area contributed by atoms with Crippen LogP contribution in [0.3, 0.4) is 0 Å². The highest BCUT2D eigenvalue weighted by atomic mass is 35.5. The molecule has 1 fully saturated rings. The summed E-state index contributed by atoms with van der Waals surface area (Å²) in [5.74, 6) is -0.963. The standard InChI is InChI=1S/C15H13ClN2O3/c1-21-15(20)9-7-13(19)18(8-9)14-10-3-2-6-17-12(10)5-4-11(14)16/h2-6,9H,7-8H2,1H3. The Morgan fingerprint density at radius 1 is 1.43 bits per heavy atom. The molecule has 2 aromatic rings. The van der Waals surface area contributed by atoms with E-state index in [1.54, 1.807) is 29.3 Å². The maximum atomic E-state index is 12.2. The van der Waals surface area contributed by atoms with Crippen molar-refractivity contribution in [1.82, 2.24) is 4.98 Å². The van der Waals surface area contributed by atoms with Gasteiger partial charge in [0.25, 0.3) is 0 Å². The zero-order chi connectivity index (χ0) is 15.0. The number of pyridine rings is 1. The lowest BCUT2D eigenvalue weighted by Crippen LogP contribution is -2.26. The molecule has 0 radical (unpaired) electrons. The van der Waals surface area contributed by atoms with Crippen LogP contribution in [0, 0.1) is 5.92 Å². The van der Waals surface area contributed by atoms with Crippen LogP contribution in [0.15, 0.2) is 30.5 Å². The molecule has 0 spiro atoms. The van der Waals surface area contributed by atoms with E-state index in [9.17, 15) is 9.59 Å². The lowest BCUT2D eigenvalue weighted by Gasteiger charge is -2.20. The van der Waals surface area contributed by atoms with E-state index in [4.69, 9.17) is 16.3 Å². The van der Waals surface area contributed by atoms with Crippen molar-refractivity contribution in [3.63, 3.8) is 0 Å². The number of halogens is 1.